The molecule has 108 valence electrons. The van der Waals surface area contributed by atoms with Gasteiger partial charge in [-0.15, -0.1) is 11.3 Å². The number of hydrogen-bond donors (Lipinski definition) is 0. The fourth-order valence-electron chi connectivity index (χ4n) is 2.20. The number of halogens is 3. The summed E-state index contributed by atoms with van der Waals surface area (Å²) < 4.78 is 2.02. The average Bonchev–Trinajstić information content (AvgIpc) is 2.78. The van der Waals surface area contributed by atoms with Crippen LogP contribution in [0.4, 0.5) is 0 Å². The van der Waals surface area contributed by atoms with Gasteiger partial charge < -0.3 is 0 Å². The van der Waals surface area contributed by atoms with E-state index in [4.69, 9.17) is 11.6 Å². The first-order chi connectivity index (χ1) is 10.1. The predicted molar refractivity (Wildman–Crippen MR) is 97.3 cm³/mol. The third-order valence-corrected chi connectivity index (χ3v) is 5.78. The number of benzene rings is 1. The quantitative estimate of drug-likeness (QED) is 0.430. The third-order valence-electron chi connectivity index (χ3n) is 3.15. The summed E-state index contributed by atoms with van der Waals surface area (Å²) in [6, 6.07) is 8.21. The van der Waals surface area contributed by atoms with E-state index in [1.54, 1.807) is 11.3 Å². The van der Waals surface area contributed by atoms with Crippen molar-refractivity contribution < 1.29 is 0 Å². The minimum atomic E-state index is 0.502. The van der Waals surface area contributed by atoms with Crippen molar-refractivity contribution in [1.29, 1.82) is 0 Å². The SMILES string of the molecule is CCCc1ccc2nc(-c3cc(Br)sc3Br)nc(Cl)c2c1. The van der Waals surface area contributed by atoms with E-state index in [2.05, 4.69) is 60.9 Å². The minimum Gasteiger partial charge on any atom is -0.228 e. The monoisotopic (exact) mass is 444 g/mol. The molecule has 0 spiro atoms. The summed E-state index contributed by atoms with van der Waals surface area (Å²) in [4.78, 5) is 9.10. The molecule has 0 aliphatic rings. The van der Waals surface area contributed by atoms with Crippen LogP contribution in [0.1, 0.15) is 18.9 Å². The second-order valence-corrected chi connectivity index (χ2v) is 8.78. The molecule has 0 bridgehead atoms. The van der Waals surface area contributed by atoms with E-state index in [0.29, 0.717) is 11.0 Å². The van der Waals surface area contributed by atoms with Gasteiger partial charge in [0, 0.05) is 10.9 Å². The second kappa shape index (κ2) is 6.32. The smallest absolute Gasteiger partial charge is 0.163 e. The highest BCUT2D eigenvalue weighted by Crippen LogP contribution is 2.38. The van der Waals surface area contributed by atoms with E-state index in [-0.39, 0.29) is 0 Å². The molecular weight excluding hydrogens is 436 g/mol. The number of hydrogen-bond acceptors (Lipinski definition) is 3. The summed E-state index contributed by atoms with van der Waals surface area (Å²) in [5.74, 6) is 0.643. The Kier molecular flexibility index (Phi) is 4.64. The van der Waals surface area contributed by atoms with Gasteiger partial charge in [-0.05, 0) is 62.0 Å². The first-order valence-electron chi connectivity index (χ1n) is 6.50. The molecule has 0 fully saturated rings. The molecule has 3 rings (SSSR count). The Morgan fingerprint density at radius 3 is 2.67 bits per heavy atom. The van der Waals surface area contributed by atoms with Gasteiger partial charge in [-0.3, -0.25) is 0 Å². The summed E-state index contributed by atoms with van der Waals surface area (Å²) >= 11 is 15.0. The second-order valence-electron chi connectivity index (χ2n) is 4.68. The Hall–Kier alpha value is -0.490. The lowest BCUT2D eigenvalue weighted by molar-refractivity contribution is 0.923. The molecule has 0 aliphatic carbocycles. The topological polar surface area (TPSA) is 25.8 Å². The highest BCUT2D eigenvalue weighted by Gasteiger charge is 2.13. The van der Waals surface area contributed by atoms with E-state index in [9.17, 15) is 0 Å². The van der Waals surface area contributed by atoms with E-state index in [0.717, 1.165) is 36.9 Å². The highest BCUT2D eigenvalue weighted by atomic mass is 79.9. The molecule has 0 radical (unpaired) electrons. The van der Waals surface area contributed by atoms with Crippen LogP contribution in [0.15, 0.2) is 31.8 Å². The normalized spacial score (nSPS) is 11.2. The molecule has 21 heavy (non-hydrogen) atoms. The van der Waals surface area contributed by atoms with Crippen LogP contribution in [0.3, 0.4) is 0 Å². The fourth-order valence-corrected chi connectivity index (χ4v) is 5.22. The van der Waals surface area contributed by atoms with Crippen molar-refractivity contribution in [2.75, 3.05) is 0 Å². The van der Waals surface area contributed by atoms with Crippen LogP contribution in [0, 0.1) is 0 Å². The zero-order chi connectivity index (χ0) is 15.0. The van der Waals surface area contributed by atoms with Crippen molar-refractivity contribution in [2.24, 2.45) is 0 Å². The standard InChI is InChI=1S/C15H11Br2ClN2S/c1-2-3-8-4-5-11-9(6-8)14(18)20-15(19-11)10-7-12(16)21-13(10)17/h4-7H,2-3H2,1H3. The molecule has 0 amide bonds. The van der Waals surface area contributed by atoms with Crippen molar-refractivity contribution in [3.05, 3.63) is 42.6 Å². The van der Waals surface area contributed by atoms with Crippen LogP contribution in [0.25, 0.3) is 22.3 Å². The summed E-state index contributed by atoms with van der Waals surface area (Å²) in [6.45, 7) is 2.16. The van der Waals surface area contributed by atoms with Crippen LogP contribution in [-0.2, 0) is 6.42 Å². The molecule has 2 aromatic heterocycles. The van der Waals surface area contributed by atoms with Gasteiger partial charge in [-0.2, -0.15) is 0 Å². The lowest BCUT2D eigenvalue weighted by Gasteiger charge is -2.06. The van der Waals surface area contributed by atoms with Crippen LogP contribution < -0.4 is 0 Å². The Morgan fingerprint density at radius 1 is 1.19 bits per heavy atom. The maximum atomic E-state index is 6.37. The minimum absolute atomic E-state index is 0.502. The van der Waals surface area contributed by atoms with E-state index < -0.39 is 0 Å². The Balaban J connectivity index is 2.15. The molecule has 6 heteroatoms. The molecule has 0 N–H and O–H groups in total. The summed E-state index contributed by atoms with van der Waals surface area (Å²) in [5, 5.41) is 1.42. The predicted octanol–water partition coefficient (Wildman–Crippen LogP) is 6.49. The first-order valence-corrected chi connectivity index (χ1v) is 9.28. The molecule has 2 nitrogen and oxygen atoms in total. The first kappa shape index (κ1) is 15.4. The van der Waals surface area contributed by atoms with Gasteiger partial charge in [0.2, 0.25) is 0 Å². The van der Waals surface area contributed by atoms with Gasteiger partial charge in [0.15, 0.2) is 5.82 Å². The number of aryl methyl sites for hydroxylation is 1. The molecule has 2 heterocycles. The van der Waals surface area contributed by atoms with Crippen molar-refractivity contribution in [3.8, 4) is 11.4 Å². The Bertz CT molecular complexity index is 817. The fraction of sp³-hybridized carbons (Fsp3) is 0.200. The van der Waals surface area contributed by atoms with Gasteiger partial charge in [0.25, 0.3) is 0 Å². The maximum Gasteiger partial charge on any atom is 0.163 e. The number of thiophene rings is 1. The number of rotatable bonds is 3. The van der Waals surface area contributed by atoms with Crippen LogP contribution in [0.2, 0.25) is 5.15 Å². The van der Waals surface area contributed by atoms with Crippen LogP contribution in [0.5, 0.6) is 0 Å². The van der Waals surface area contributed by atoms with Gasteiger partial charge in [-0.1, -0.05) is 31.0 Å². The molecule has 0 saturated carbocycles. The van der Waals surface area contributed by atoms with Gasteiger partial charge in [0.05, 0.1) is 13.1 Å². The van der Waals surface area contributed by atoms with Gasteiger partial charge in [0.1, 0.15) is 5.15 Å². The van der Waals surface area contributed by atoms with E-state index in [1.165, 1.54) is 5.56 Å². The van der Waals surface area contributed by atoms with Crippen molar-refractivity contribution in [3.63, 3.8) is 0 Å². The van der Waals surface area contributed by atoms with E-state index in [1.807, 2.05) is 12.1 Å². The third kappa shape index (κ3) is 3.16. The Morgan fingerprint density at radius 2 is 2.00 bits per heavy atom. The zero-order valence-electron chi connectivity index (χ0n) is 11.2. The molecule has 3 aromatic rings. The lowest BCUT2D eigenvalue weighted by atomic mass is 10.1. The molecule has 0 aliphatic heterocycles. The molecule has 0 unspecified atom stereocenters. The van der Waals surface area contributed by atoms with Crippen LogP contribution >= 0.6 is 54.8 Å². The molecule has 0 saturated heterocycles. The summed E-state index contributed by atoms with van der Waals surface area (Å²) in [5.41, 5.74) is 3.09. The van der Waals surface area contributed by atoms with E-state index >= 15 is 0 Å². The maximum absolute atomic E-state index is 6.37. The average molecular weight is 447 g/mol. The van der Waals surface area contributed by atoms with Crippen molar-refractivity contribution in [1.82, 2.24) is 9.97 Å². The van der Waals surface area contributed by atoms with Gasteiger partial charge in [-0.25, -0.2) is 9.97 Å². The zero-order valence-corrected chi connectivity index (χ0v) is 15.9. The van der Waals surface area contributed by atoms with Crippen molar-refractivity contribution >= 4 is 65.7 Å². The molecule has 0 atom stereocenters. The highest BCUT2D eigenvalue weighted by molar-refractivity contribution is 9.12. The lowest BCUT2D eigenvalue weighted by Crippen LogP contribution is -1.93. The number of nitrogens with zero attached hydrogens (tertiary/aromatic N) is 2. The summed E-state index contributed by atoms with van der Waals surface area (Å²) in [7, 11) is 0. The molecule has 1 aromatic carbocycles. The van der Waals surface area contributed by atoms with Crippen molar-refractivity contribution in [2.45, 2.75) is 19.8 Å². The largest absolute Gasteiger partial charge is 0.228 e. The number of aromatic nitrogens is 2. The van der Waals surface area contributed by atoms with Gasteiger partial charge >= 0.3 is 0 Å². The van der Waals surface area contributed by atoms with Crippen LogP contribution in [-0.4, -0.2) is 9.97 Å². The number of fused-ring (bicyclic) bond motifs is 1. The molecular formula is C15H11Br2ClN2S. The Labute approximate surface area is 148 Å². The summed E-state index contributed by atoms with van der Waals surface area (Å²) in [6.07, 6.45) is 2.15.